The summed E-state index contributed by atoms with van der Waals surface area (Å²) in [5.74, 6) is 0. The third-order valence-corrected chi connectivity index (χ3v) is 3.81. The van der Waals surface area contributed by atoms with E-state index in [9.17, 15) is 0 Å². The minimum absolute atomic E-state index is 0.991. The Labute approximate surface area is 122 Å². The third-order valence-electron chi connectivity index (χ3n) is 3.81. The summed E-state index contributed by atoms with van der Waals surface area (Å²) in [5, 5.41) is 8.11. The maximum absolute atomic E-state index is 4.87. The van der Waals surface area contributed by atoms with Gasteiger partial charge in [-0.2, -0.15) is 5.10 Å². The highest BCUT2D eigenvalue weighted by Crippen LogP contribution is 2.22. The van der Waals surface area contributed by atoms with Gasteiger partial charge in [0.1, 0.15) is 0 Å². The molecule has 3 nitrogen and oxygen atoms in total. The molecule has 20 heavy (non-hydrogen) atoms. The van der Waals surface area contributed by atoms with Gasteiger partial charge in [0.15, 0.2) is 0 Å². The first kappa shape index (κ1) is 14.8. The molecule has 0 aliphatic heterocycles. The van der Waals surface area contributed by atoms with Gasteiger partial charge in [-0.05, 0) is 57.0 Å². The molecular weight excluding hydrogens is 246 g/mol. The molecule has 0 fully saturated rings. The molecule has 2 aromatic rings. The van der Waals surface area contributed by atoms with Gasteiger partial charge in [0, 0.05) is 5.69 Å². The van der Waals surface area contributed by atoms with Gasteiger partial charge < -0.3 is 5.32 Å². The molecule has 1 heterocycles. The maximum atomic E-state index is 4.87. The van der Waals surface area contributed by atoms with Crippen molar-refractivity contribution in [1.29, 1.82) is 0 Å². The Balaban J connectivity index is 2.53. The van der Waals surface area contributed by atoms with Crippen molar-refractivity contribution in [2.24, 2.45) is 0 Å². The quantitative estimate of drug-likeness (QED) is 0.875. The Morgan fingerprint density at radius 3 is 2.50 bits per heavy atom. The van der Waals surface area contributed by atoms with Crippen LogP contribution < -0.4 is 5.32 Å². The Kier molecular flexibility index (Phi) is 4.96. The molecule has 3 heteroatoms. The van der Waals surface area contributed by atoms with Crippen LogP contribution in [0.15, 0.2) is 24.3 Å². The van der Waals surface area contributed by atoms with E-state index >= 15 is 0 Å². The van der Waals surface area contributed by atoms with Crippen LogP contribution in [0.1, 0.15) is 36.4 Å². The molecule has 0 atom stereocenters. The first-order valence-electron chi connectivity index (χ1n) is 7.53. The van der Waals surface area contributed by atoms with Gasteiger partial charge in [-0.1, -0.05) is 32.0 Å². The molecule has 1 aromatic heterocycles. The van der Waals surface area contributed by atoms with Crippen molar-refractivity contribution in [2.45, 2.75) is 40.0 Å². The monoisotopic (exact) mass is 271 g/mol. The van der Waals surface area contributed by atoms with Gasteiger partial charge in [-0.3, -0.25) is 0 Å². The van der Waals surface area contributed by atoms with Gasteiger partial charge in [0.2, 0.25) is 0 Å². The van der Waals surface area contributed by atoms with Crippen molar-refractivity contribution in [1.82, 2.24) is 15.1 Å². The number of likely N-dealkylation sites (N-methyl/N-ethyl adjacent to an activating group) is 1. The summed E-state index contributed by atoms with van der Waals surface area (Å²) in [6, 6.07) is 8.47. The van der Waals surface area contributed by atoms with Crippen LogP contribution in [0.4, 0.5) is 0 Å². The Bertz CT molecular complexity index is 570. The van der Waals surface area contributed by atoms with E-state index in [1.54, 1.807) is 0 Å². The van der Waals surface area contributed by atoms with E-state index < -0.39 is 0 Å². The lowest BCUT2D eigenvalue weighted by Gasteiger charge is -2.10. The molecule has 2 rings (SSSR count). The molecule has 0 saturated heterocycles. The second kappa shape index (κ2) is 6.71. The maximum Gasteiger partial charge on any atom is 0.0678 e. The number of hydrogen-bond acceptors (Lipinski definition) is 2. The van der Waals surface area contributed by atoms with Gasteiger partial charge >= 0.3 is 0 Å². The molecule has 0 aliphatic rings. The lowest BCUT2D eigenvalue weighted by molar-refractivity contribution is 0.771. The van der Waals surface area contributed by atoms with Crippen molar-refractivity contribution in [3.8, 4) is 5.69 Å². The predicted molar refractivity (Wildman–Crippen MR) is 84.7 cm³/mol. The van der Waals surface area contributed by atoms with E-state index in [-0.39, 0.29) is 0 Å². The molecule has 0 amide bonds. The number of aromatic nitrogens is 2. The summed E-state index contributed by atoms with van der Waals surface area (Å²) >= 11 is 0. The Morgan fingerprint density at radius 2 is 1.90 bits per heavy atom. The first-order valence-corrected chi connectivity index (χ1v) is 7.53. The summed E-state index contributed by atoms with van der Waals surface area (Å²) < 4.78 is 2.15. The average molecular weight is 271 g/mol. The number of aryl methyl sites for hydroxylation is 2. The average Bonchev–Trinajstić information content (AvgIpc) is 2.83. The normalized spacial score (nSPS) is 11.0. The smallest absolute Gasteiger partial charge is 0.0678 e. The fourth-order valence-corrected chi connectivity index (χ4v) is 2.72. The number of para-hydroxylation sites is 1. The first-order chi connectivity index (χ1) is 9.72. The van der Waals surface area contributed by atoms with Gasteiger partial charge in [0.05, 0.1) is 11.4 Å². The van der Waals surface area contributed by atoms with E-state index in [4.69, 9.17) is 5.10 Å². The molecule has 0 radical (unpaired) electrons. The van der Waals surface area contributed by atoms with E-state index in [1.807, 2.05) is 7.05 Å². The van der Waals surface area contributed by atoms with Crippen LogP contribution in [-0.2, 0) is 19.3 Å². The van der Waals surface area contributed by atoms with Crippen molar-refractivity contribution >= 4 is 0 Å². The largest absolute Gasteiger partial charge is 0.319 e. The molecule has 1 aromatic carbocycles. The molecule has 0 aliphatic carbocycles. The number of benzene rings is 1. The fourth-order valence-electron chi connectivity index (χ4n) is 2.72. The van der Waals surface area contributed by atoms with Crippen LogP contribution in [0, 0.1) is 6.92 Å². The fraction of sp³-hybridized carbons (Fsp3) is 0.471. The van der Waals surface area contributed by atoms with Gasteiger partial charge in [0.25, 0.3) is 0 Å². The summed E-state index contributed by atoms with van der Waals surface area (Å²) in [7, 11) is 2.00. The highest BCUT2D eigenvalue weighted by molar-refractivity contribution is 5.43. The number of hydrogen-bond donors (Lipinski definition) is 1. The molecule has 0 bridgehead atoms. The molecule has 0 unspecified atom stereocenters. The van der Waals surface area contributed by atoms with Crippen molar-refractivity contribution in [2.75, 3.05) is 13.6 Å². The topological polar surface area (TPSA) is 29.9 Å². The van der Waals surface area contributed by atoms with Crippen LogP contribution in [0.25, 0.3) is 5.69 Å². The second-order valence-corrected chi connectivity index (χ2v) is 5.13. The second-order valence-electron chi connectivity index (χ2n) is 5.13. The van der Waals surface area contributed by atoms with Crippen molar-refractivity contribution in [3.63, 3.8) is 0 Å². The minimum atomic E-state index is 0.991. The van der Waals surface area contributed by atoms with E-state index in [1.165, 1.54) is 28.2 Å². The summed E-state index contributed by atoms with van der Waals surface area (Å²) in [5.41, 5.74) is 6.49. The number of nitrogens with zero attached hydrogens (tertiary/aromatic N) is 2. The summed E-state index contributed by atoms with van der Waals surface area (Å²) in [6.07, 6.45) is 3.06. The van der Waals surface area contributed by atoms with Crippen LogP contribution in [-0.4, -0.2) is 23.4 Å². The number of rotatable bonds is 6. The van der Waals surface area contributed by atoms with Crippen molar-refractivity contribution in [3.05, 3.63) is 46.8 Å². The van der Waals surface area contributed by atoms with E-state index in [2.05, 4.69) is 55.0 Å². The van der Waals surface area contributed by atoms with Gasteiger partial charge in [-0.25, -0.2) is 4.68 Å². The predicted octanol–water partition coefficient (Wildman–Crippen LogP) is 3.07. The van der Waals surface area contributed by atoms with E-state index in [0.29, 0.717) is 0 Å². The van der Waals surface area contributed by atoms with E-state index in [0.717, 1.165) is 25.8 Å². The zero-order valence-electron chi connectivity index (χ0n) is 13.0. The lowest BCUT2D eigenvalue weighted by atomic mass is 10.1. The van der Waals surface area contributed by atoms with Crippen LogP contribution in [0.3, 0.4) is 0 Å². The van der Waals surface area contributed by atoms with Gasteiger partial charge in [-0.15, -0.1) is 0 Å². The highest BCUT2D eigenvalue weighted by atomic mass is 15.3. The summed E-state index contributed by atoms with van der Waals surface area (Å²) in [4.78, 5) is 0. The molecular formula is C17H25N3. The zero-order valence-corrected chi connectivity index (χ0v) is 13.0. The van der Waals surface area contributed by atoms with Crippen LogP contribution in [0.2, 0.25) is 0 Å². The molecule has 1 N–H and O–H groups in total. The summed E-state index contributed by atoms with van der Waals surface area (Å²) in [6.45, 7) is 7.55. The van der Waals surface area contributed by atoms with Crippen LogP contribution >= 0.6 is 0 Å². The zero-order chi connectivity index (χ0) is 14.5. The molecule has 0 spiro atoms. The lowest BCUT2D eigenvalue weighted by Crippen LogP contribution is -2.12. The Hall–Kier alpha value is -1.61. The highest BCUT2D eigenvalue weighted by Gasteiger charge is 2.16. The Morgan fingerprint density at radius 1 is 1.15 bits per heavy atom. The third kappa shape index (κ3) is 2.78. The molecule has 0 saturated carbocycles. The SMILES string of the molecule is CCc1nn(-c2ccccc2C)c(CC)c1CCNC. The van der Waals surface area contributed by atoms with Crippen LogP contribution in [0.5, 0.6) is 0 Å². The molecule has 108 valence electrons. The number of nitrogens with one attached hydrogen (secondary N) is 1. The standard InChI is InChI=1S/C17H25N3/c1-5-15-14(11-12-18-4)16(6-2)20(19-15)17-10-8-7-9-13(17)3/h7-10,18H,5-6,11-12H2,1-4H3. The van der Waals surface area contributed by atoms with Crippen molar-refractivity contribution < 1.29 is 0 Å². The minimum Gasteiger partial charge on any atom is -0.319 e.